The number of amides is 4. The molecule has 2 aromatic carbocycles. The van der Waals surface area contributed by atoms with E-state index in [9.17, 15) is 14.4 Å². The van der Waals surface area contributed by atoms with Crippen molar-refractivity contribution in [2.45, 2.75) is 26.2 Å². The number of anilines is 2. The number of carbonyl (C=O) groups excluding carboxylic acids is 3. The van der Waals surface area contributed by atoms with Gasteiger partial charge in [-0.1, -0.05) is 43.3 Å². The summed E-state index contributed by atoms with van der Waals surface area (Å²) in [5, 5.41) is 8.41. The SMILES string of the molecule is CCc1ccccc1NC(=O)CNC(=O)[C@H]1CCCN(C(=O)Nc2ccccc2)C1. The van der Waals surface area contributed by atoms with Crippen LogP contribution < -0.4 is 16.0 Å². The fourth-order valence-corrected chi connectivity index (χ4v) is 3.56. The molecule has 4 amide bonds. The highest BCUT2D eigenvalue weighted by Gasteiger charge is 2.28. The molecule has 0 aliphatic carbocycles. The van der Waals surface area contributed by atoms with Crippen LogP contribution in [0.1, 0.15) is 25.3 Å². The summed E-state index contributed by atoms with van der Waals surface area (Å²) in [6.07, 6.45) is 2.25. The Morgan fingerprint density at radius 1 is 1.00 bits per heavy atom. The normalized spacial score (nSPS) is 15.9. The van der Waals surface area contributed by atoms with Gasteiger partial charge in [-0.25, -0.2) is 4.79 Å². The van der Waals surface area contributed by atoms with E-state index >= 15 is 0 Å². The van der Waals surface area contributed by atoms with Crippen LogP contribution in [0.25, 0.3) is 0 Å². The number of carbonyl (C=O) groups is 3. The molecule has 1 atom stereocenters. The van der Waals surface area contributed by atoms with Gasteiger partial charge in [0, 0.05) is 24.5 Å². The van der Waals surface area contributed by atoms with E-state index in [1.54, 1.807) is 4.90 Å². The molecule has 0 radical (unpaired) electrons. The van der Waals surface area contributed by atoms with E-state index in [0.717, 1.165) is 29.8 Å². The average Bonchev–Trinajstić information content (AvgIpc) is 2.78. The highest BCUT2D eigenvalue weighted by Crippen LogP contribution is 2.18. The predicted octanol–water partition coefficient (Wildman–Crippen LogP) is 3.25. The largest absolute Gasteiger partial charge is 0.347 e. The van der Waals surface area contributed by atoms with Gasteiger partial charge in [-0.2, -0.15) is 0 Å². The molecule has 0 spiro atoms. The van der Waals surface area contributed by atoms with Crippen LogP contribution in [-0.4, -0.2) is 42.4 Å². The summed E-state index contributed by atoms with van der Waals surface area (Å²) in [6.45, 7) is 2.88. The van der Waals surface area contributed by atoms with E-state index in [1.165, 1.54) is 0 Å². The predicted molar refractivity (Wildman–Crippen MR) is 117 cm³/mol. The summed E-state index contributed by atoms with van der Waals surface area (Å²) in [4.78, 5) is 38.9. The number of hydrogen-bond donors (Lipinski definition) is 3. The van der Waals surface area contributed by atoms with Gasteiger partial charge >= 0.3 is 6.03 Å². The molecule has 158 valence electrons. The topological polar surface area (TPSA) is 90.5 Å². The molecule has 2 aromatic rings. The molecule has 7 nitrogen and oxygen atoms in total. The first-order valence-electron chi connectivity index (χ1n) is 10.3. The van der Waals surface area contributed by atoms with Crippen molar-refractivity contribution in [3.8, 4) is 0 Å². The summed E-state index contributed by atoms with van der Waals surface area (Å²) in [7, 11) is 0. The van der Waals surface area contributed by atoms with Crippen LogP contribution in [0.2, 0.25) is 0 Å². The Morgan fingerprint density at radius 3 is 2.50 bits per heavy atom. The van der Waals surface area contributed by atoms with Crippen LogP contribution in [0.5, 0.6) is 0 Å². The summed E-state index contributed by atoms with van der Waals surface area (Å²) in [5.74, 6) is -0.791. The van der Waals surface area contributed by atoms with Gasteiger partial charge in [-0.3, -0.25) is 9.59 Å². The molecule has 1 heterocycles. The number of aryl methyl sites for hydroxylation is 1. The van der Waals surface area contributed by atoms with Gasteiger partial charge in [0.2, 0.25) is 11.8 Å². The zero-order valence-electron chi connectivity index (χ0n) is 17.2. The van der Waals surface area contributed by atoms with Crippen molar-refractivity contribution in [2.24, 2.45) is 5.92 Å². The highest BCUT2D eigenvalue weighted by molar-refractivity contribution is 5.95. The molecule has 0 aromatic heterocycles. The minimum Gasteiger partial charge on any atom is -0.347 e. The van der Waals surface area contributed by atoms with Crippen LogP contribution in [0, 0.1) is 5.92 Å². The fourth-order valence-electron chi connectivity index (χ4n) is 3.56. The van der Waals surface area contributed by atoms with E-state index in [1.807, 2.05) is 61.5 Å². The number of rotatable bonds is 6. The number of nitrogens with zero attached hydrogens (tertiary/aromatic N) is 1. The number of hydrogen-bond acceptors (Lipinski definition) is 3. The lowest BCUT2D eigenvalue weighted by Crippen LogP contribution is -2.47. The lowest BCUT2D eigenvalue weighted by atomic mass is 9.97. The van der Waals surface area contributed by atoms with Gasteiger partial charge in [-0.05, 0) is 43.0 Å². The maximum Gasteiger partial charge on any atom is 0.321 e. The lowest BCUT2D eigenvalue weighted by Gasteiger charge is -2.32. The van der Waals surface area contributed by atoms with Crippen molar-refractivity contribution >= 4 is 29.2 Å². The van der Waals surface area contributed by atoms with Crippen molar-refractivity contribution < 1.29 is 14.4 Å². The number of benzene rings is 2. The highest BCUT2D eigenvalue weighted by atomic mass is 16.2. The summed E-state index contributed by atoms with van der Waals surface area (Å²) in [5.41, 5.74) is 2.53. The van der Waals surface area contributed by atoms with E-state index in [0.29, 0.717) is 19.5 Å². The number of likely N-dealkylation sites (tertiary alicyclic amines) is 1. The van der Waals surface area contributed by atoms with E-state index < -0.39 is 0 Å². The van der Waals surface area contributed by atoms with Crippen molar-refractivity contribution in [1.29, 1.82) is 0 Å². The molecule has 0 bridgehead atoms. The second kappa shape index (κ2) is 10.4. The average molecular weight is 409 g/mol. The smallest absolute Gasteiger partial charge is 0.321 e. The summed E-state index contributed by atoms with van der Waals surface area (Å²) in [6, 6.07) is 16.6. The summed E-state index contributed by atoms with van der Waals surface area (Å²) >= 11 is 0. The third-order valence-electron chi connectivity index (χ3n) is 5.20. The molecular weight excluding hydrogens is 380 g/mol. The molecule has 1 saturated heterocycles. The van der Waals surface area contributed by atoms with Crippen molar-refractivity contribution in [2.75, 3.05) is 30.3 Å². The third kappa shape index (κ3) is 5.83. The molecule has 1 aliphatic heterocycles. The minimum absolute atomic E-state index is 0.0937. The van der Waals surface area contributed by atoms with Crippen LogP contribution >= 0.6 is 0 Å². The molecular formula is C23H28N4O3. The minimum atomic E-state index is -0.323. The monoisotopic (exact) mass is 408 g/mol. The molecule has 0 unspecified atom stereocenters. The number of urea groups is 1. The standard InChI is InChI=1S/C23H28N4O3/c1-2-17-9-6-7-13-20(17)26-21(28)15-24-22(29)18-10-8-14-27(16-18)23(30)25-19-11-4-3-5-12-19/h3-7,9,11-13,18H,2,8,10,14-16H2,1H3,(H,24,29)(H,25,30)(H,26,28)/t18-/m0/s1. The summed E-state index contributed by atoms with van der Waals surface area (Å²) < 4.78 is 0. The number of nitrogens with one attached hydrogen (secondary N) is 3. The van der Waals surface area contributed by atoms with Crippen molar-refractivity contribution in [1.82, 2.24) is 10.2 Å². The fraction of sp³-hybridized carbons (Fsp3) is 0.348. The molecule has 0 saturated carbocycles. The molecule has 1 aliphatic rings. The van der Waals surface area contributed by atoms with Crippen LogP contribution in [0.3, 0.4) is 0 Å². The van der Waals surface area contributed by atoms with Gasteiger partial charge in [0.05, 0.1) is 12.5 Å². The Balaban J connectivity index is 1.48. The maximum atomic E-state index is 12.6. The molecule has 1 fully saturated rings. The Hall–Kier alpha value is -3.35. The maximum absolute atomic E-state index is 12.6. The molecule has 30 heavy (non-hydrogen) atoms. The van der Waals surface area contributed by atoms with Gasteiger partial charge < -0.3 is 20.9 Å². The van der Waals surface area contributed by atoms with E-state index in [4.69, 9.17) is 0 Å². The first-order valence-corrected chi connectivity index (χ1v) is 10.3. The van der Waals surface area contributed by atoms with Crippen molar-refractivity contribution in [3.63, 3.8) is 0 Å². The van der Waals surface area contributed by atoms with Gasteiger partial charge in [0.1, 0.15) is 0 Å². The molecule has 3 N–H and O–H groups in total. The Bertz CT molecular complexity index is 885. The van der Waals surface area contributed by atoms with Gasteiger partial charge in [0.15, 0.2) is 0 Å². The number of piperidine rings is 1. The molecule has 3 rings (SSSR count). The van der Waals surface area contributed by atoms with E-state index in [2.05, 4.69) is 16.0 Å². The molecule has 7 heteroatoms. The zero-order valence-corrected chi connectivity index (χ0v) is 17.2. The van der Waals surface area contributed by atoms with Crippen molar-refractivity contribution in [3.05, 3.63) is 60.2 Å². The number of para-hydroxylation sites is 2. The lowest BCUT2D eigenvalue weighted by molar-refractivity contribution is -0.128. The van der Waals surface area contributed by atoms with Crippen LogP contribution in [0.4, 0.5) is 16.2 Å². The second-order valence-electron chi connectivity index (χ2n) is 7.36. The Morgan fingerprint density at radius 2 is 1.73 bits per heavy atom. The Labute approximate surface area is 176 Å². The second-order valence-corrected chi connectivity index (χ2v) is 7.36. The van der Waals surface area contributed by atoms with E-state index in [-0.39, 0.29) is 30.3 Å². The third-order valence-corrected chi connectivity index (χ3v) is 5.20. The van der Waals surface area contributed by atoms with Gasteiger partial charge in [-0.15, -0.1) is 0 Å². The van der Waals surface area contributed by atoms with Crippen LogP contribution in [-0.2, 0) is 16.0 Å². The quantitative estimate of drug-likeness (QED) is 0.685. The van der Waals surface area contributed by atoms with Gasteiger partial charge in [0.25, 0.3) is 0 Å². The van der Waals surface area contributed by atoms with Crippen LogP contribution in [0.15, 0.2) is 54.6 Å². The first kappa shape index (κ1) is 21.4. The zero-order chi connectivity index (χ0) is 21.3. The first-order chi connectivity index (χ1) is 14.6. The Kier molecular flexibility index (Phi) is 7.43.